The predicted octanol–water partition coefficient (Wildman–Crippen LogP) is 1.99. The molecule has 1 aliphatic rings. The van der Waals surface area contributed by atoms with Crippen molar-refractivity contribution in [3.8, 4) is 0 Å². The molecule has 0 unspecified atom stereocenters. The lowest BCUT2D eigenvalue weighted by atomic mass is 10.2. The molecule has 1 saturated heterocycles. The van der Waals surface area contributed by atoms with Crippen molar-refractivity contribution in [1.82, 2.24) is 10.2 Å². The molecule has 1 heterocycles. The highest BCUT2D eigenvalue weighted by molar-refractivity contribution is 14.1. The van der Waals surface area contributed by atoms with Gasteiger partial charge in [-0.25, -0.2) is 0 Å². The molecule has 1 N–H and O–H groups in total. The Kier molecular flexibility index (Phi) is 4.30. The molecule has 0 radical (unpaired) electrons. The van der Waals surface area contributed by atoms with Crippen LogP contribution >= 0.6 is 35.2 Å². The molecule has 2 nitrogen and oxygen atoms in total. The molecule has 0 aromatic heterocycles. The summed E-state index contributed by atoms with van der Waals surface area (Å²) in [5.41, 5.74) is 1.37. The summed E-state index contributed by atoms with van der Waals surface area (Å²) in [6.07, 6.45) is 0. The Hall–Kier alpha value is 0.220. The van der Waals surface area contributed by atoms with E-state index in [1.54, 1.807) is 0 Å². The van der Waals surface area contributed by atoms with Crippen LogP contribution in [-0.2, 0) is 6.54 Å². The molecule has 1 fully saturated rings. The van der Waals surface area contributed by atoms with Crippen LogP contribution in [0.5, 0.6) is 0 Å². The van der Waals surface area contributed by atoms with Gasteiger partial charge in [-0.3, -0.25) is 4.90 Å². The first-order valence-corrected chi connectivity index (χ1v) is 6.68. The molecule has 0 spiro atoms. The van der Waals surface area contributed by atoms with E-state index in [1.807, 2.05) is 0 Å². The van der Waals surface area contributed by atoms with Gasteiger partial charge < -0.3 is 5.32 Å². The van der Waals surface area contributed by atoms with Crippen LogP contribution < -0.4 is 5.32 Å². The Labute approximate surface area is 110 Å². The summed E-state index contributed by atoms with van der Waals surface area (Å²) in [7, 11) is 0. The van der Waals surface area contributed by atoms with Gasteiger partial charge in [-0.15, -0.1) is 12.6 Å². The summed E-state index contributed by atoms with van der Waals surface area (Å²) in [6.45, 7) is 5.56. The Morgan fingerprint density at radius 1 is 1.27 bits per heavy atom. The predicted molar refractivity (Wildman–Crippen MR) is 74.6 cm³/mol. The first-order chi connectivity index (χ1) is 7.24. The maximum atomic E-state index is 4.41. The zero-order valence-electron chi connectivity index (χ0n) is 8.54. The van der Waals surface area contributed by atoms with Crippen molar-refractivity contribution >= 4 is 35.2 Å². The average molecular weight is 334 g/mol. The van der Waals surface area contributed by atoms with Gasteiger partial charge in [0.1, 0.15) is 0 Å². The molecule has 82 valence electrons. The van der Waals surface area contributed by atoms with Crippen LogP contribution in [0, 0.1) is 3.57 Å². The SMILES string of the molecule is Sc1cc(I)cc(CN2CCNCC2)c1. The molecule has 0 amide bonds. The van der Waals surface area contributed by atoms with E-state index in [0.29, 0.717) is 0 Å². The van der Waals surface area contributed by atoms with Gasteiger partial charge in [0.25, 0.3) is 0 Å². The number of nitrogens with one attached hydrogen (secondary N) is 1. The van der Waals surface area contributed by atoms with Crippen LogP contribution in [0.1, 0.15) is 5.56 Å². The number of nitrogens with zero attached hydrogens (tertiary/aromatic N) is 1. The normalized spacial score (nSPS) is 18.0. The summed E-state index contributed by atoms with van der Waals surface area (Å²) >= 11 is 6.75. The van der Waals surface area contributed by atoms with Crippen LogP contribution in [0.15, 0.2) is 23.1 Å². The van der Waals surface area contributed by atoms with E-state index in [2.05, 4.69) is 63.6 Å². The summed E-state index contributed by atoms with van der Waals surface area (Å²) in [4.78, 5) is 3.54. The number of benzene rings is 1. The zero-order chi connectivity index (χ0) is 10.7. The van der Waals surface area contributed by atoms with Gasteiger partial charge in [-0.05, 0) is 46.4 Å². The van der Waals surface area contributed by atoms with Crippen molar-refractivity contribution in [3.05, 3.63) is 27.3 Å². The maximum Gasteiger partial charge on any atom is 0.0235 e. The largest absolute Gasteiger partial charge is 0.314 e. The number of piperazine rings is 1. The fourth-order valence-corrected chi connectivity index (χ4v) is 3.14. The van der Waals surface area contributed by atoms with Gasteiger partial charge in [-0.2, -0.15) is 0 Å². The van der Waals surface area contributed by atoms with E-state index in [0.717, 1.165) is 37.6 Å². The molecule has 2 rings (SSSR count). The van der Waals surface area contributed by atoms with E-state index >= 15 is 0 Å². The van der Waals surface area contributed by atoms with Gasteiger partial charge in [-0.1, -0.05) is 0 Å². The van der Waals surface area contributed by atoms with Crippen LogP contribution in [0.25, 0.3) is 0 Å². The Morgan fingerprint density at radius 2 is 2.00 bits per heavy atom. The van der Waals surface area contributed by atoms with Crippen LogP contribution in [-0.4, -0.2) is 31.1 Å². The van der Waals surface area contributed by atoms with Gasteiger partial charge in [0.05, 0.1) is 0 Å². The minimum atomic E-state index is 1.05. The monoisotopic (exact) mass is 334 g/mol. The lowest BCUT2D eigenvalue weighted by Gasteiger charge is -2.27. The molecule has 1 aliphatic heterocycles. The van der Waals surface area contributed by atoms with Crippen LogP contribution in [0.3, 0.4) is 0 Å². The quantitative estimate of drug-likeness (QED) is 0.635. The number of hydrogen-bond donors (Lipinski definition) is 2. The summed E-state index contributed by atoms with van der Waals surface area (Å²) in [6, 6.07) is 6.49. The van der Waals surface area contributed by atoms with E-state index in [4.69, 9.17) is 0 Å². The third kappa shape index (κ3) is 3.62. The molecular weight excluding hydrogens is 319 g/mol. The Bertz CT molecular complexity index is 317. The Balaban J connectivity index is 2.02. The standard InChI is InChI=1S/C11H15IN2S/c12-10-5-9(6-11(15)7-10)8-14-3-1-13-2-4-14/h5-7,13,15H,1-4,8H2. The average Bonchev–Trinajstić information content (AvgIpc) is 2.17. The third-order valence-corrected chi connectivity index (χ3v) is 3.44. The molecule has 0 aliphatic carbocycles. The molecule has 0 saturated carbocycles. The first kappa shape index (κ1) is 11.7. The molecule has 4 heteroatoms. The summed E-state index contributed by atoms with van der Waals surface area (Å²) in [5.74, 6) is 0. The van der Waals surface area contributed by atoms with Crippen molar-refractivity contribution in [1.29, 1.82) is 0 Å². The first-order valence-electron chi connectivity index (χ1n) is 5.15. The van der Waals surface area contributed by atoms with Crippen molar-refractivity contribution in [2.24, 2.45) is 0 Å². The van der Waals surface area contributed by atoms with Crippen molar-refractivity contribution in [2.45, 2.75) is 11.4 Å². The molecule has 0 bridgehead atoms. The lowest BCUT2D eigenvalue weighted by Crippen LogP contribution is -2.42. The van der Waals surface area contributed by atoms with Crippen molar-refractivity contribution in [2.75, 3.05) is 26.2 Å². The van der Waals surface area contributed by atoms with Gasteiger partial charge >= 0.3 is 0 Å². The molecule has 0 atom stereocenters. The number of thiol groups is 1. The molecule has 1 aromatic carbocycles. The number of hydrogen-bond acceptors (Lipinski definition) is 3. The van der Waals surface area contributed by atoms with Gasteiger partial charge in [0.15, 0.2) is 0 Å². The maximum absolute atomic E-state index is 4.41. The third-order valence-electron chi connectivity index (χ3n) is 2.56. The van der Waals surface area contributed by atoms with Crippen molar-refractivity contribution in [3.63, 3.8) is 0 Å². The minimum absolute atomic E-state index is 1.05. The highest BCUT2D eigenvalue weighted by Gasteiger charge is 2.10. The highest BCUT2D eigenvalue weighted by Crippen LogP contribution is 2.16. The lowest BCUT2D eigenvalue weighted by molar-refractivity contribution is 0.233. The van der Waals surface area contributed by atoms with E-state index < -0.39 is 0 Å². The topological polar surface area (TPSA) is 15.3 Å². The van der Waals surface area contributed by atoms with E-state index in [9.17, 15) is 0 Å². The van der Waals surface area contributed by atoms with Crippen molar-refractivity contribution < 1.29 is 0 Å². The van der Waals surface area contributed by atoms with E-state index in [-0.39, 0.29) is 0 Å². The second kappa shape index (κ2) is 5.52. The molecule has 15 heavy (non-hydrogen) atoms. The minimum Gasteiger partial charge on any atom is -0.314 e. The Morgan fingerprint density at radius 3 is 2.67 bits per heavy atom. The van der Waals surface area contributed by atoms with Gasteiger partial charge in [0.2, 0.25) is 0 Å². The highest BCUT2D eigenvalue weighted by atomic mass is 127. The summed E-state index contributed by atoms with van der Waals surface area (Å²) < 4.78 is 1.27. The number of rotatable bonds is 2. The van der Waals surface area contributed by atoms with Gasteiger partial charge in [0, 0.05) is 41.2 Å². The fraction of sp³-hybridized carbons (Fsp3) is 0.455. The van der Waals surface area contributed by atoms with Crippen LogP contribution in [0.4, 0.5) is 0 Å². The smallest absolute Gasteiger partial charge is 0.0235 e. The van der Waals surface area contributed by atoms with Crippen LogP contribution in [0.2, 0.25) is 0 Å². The fourth-order valence-electron chi connectivity index (χ4n) is 1.85. The zero-order valence-corrected chi connectivity index (χ0v) is 11.6. The second-order valence-electron chi connectivity index (χ2n) is 3.84. The number of halogens is 1. The van der Waals surface area contributed by atoms with E-state index in [1.165, 1.54) is 9.13 Å². The molecule has 1 aromatic rings. The summed E-state index contributed by atoms with van der Waals surface area (Å²) in [5, 5.41) is 3.37. The molecular formula is C11H15IN2S. The second-order valence-corrected chi connectivity index (χ2v) is 5.61.